The molecular weight excluding hydrogens is 1680 g/mol. The summed E-state index contributed by atoms with van der Waals surface area (Å²) in [5.41, 5.74) is 46.3. The highest BCUT2D eigenvalue weighted by atomic mass is 16.3. The van der Waals surface area contributed by atoms with Crippen LogP contribution in [0.25, 0.3) is 215 Å². The Bertz CT molecular complexity index is 9960. The lowest BCUT2D eigenvalue weighted by atomic mass is 9.42. The summed E-state index contributed by atoms with van der Waals surface area (Å²) in [6.07, 6.45) is 0. The van der Waals surface area contributed by atoms with Crippen molar-refractivity contribution in [1.82, 2.24) is 13.7 Å². The molecule has 21 aromatic carbocycles. The van der Waals surface area contributed by atoms with Gasteiger partial charge in [0.25, 0.3) is 0 Å². The van der Waals surface area contributed by atoms with Gasteiger partial charge in [0.15, 0.2) is 0 Å². The minimum Gasteiger partial charge on any atom is -0.456 e. The Morgan fingerprint density at radius 1 is 0.167 bits per heavy atom. The number of fused-ring (bicyclic) bond motifs is 53. The number of rotatable bonds is 3. The van der Waals surface area contributed by atoms with Gasteiger partial charge in [0.05, 0.1) is 33.1 Å². The third-order valence-electron chi connectivity index (χ3n) is 30.5. The second-order valence-corrected chi connectivity index (χ2v) is 37.4. The van der Waals surface area contributed by atoms with E-state index in [-0.39, 0.29) is 20.5 Å². The molecule has 0 fully saturated rings. The second kappa shape index (κ2) is 28.8. The van der Waals surface area contributed by atoms with Gasteiger partial charge in [0, 0.05) is 167 Å². The van der Waals surface area contributed by atoms with E-state index in [0.717, 1.165) is 99.6 Å². The van der Waals surface area contributed by atoms with Gasteiger partial charge in [-0.3, -0.25) is 0 Å². The first-order chi connectivity index (χ1) is 68.5. The molecule has 0 radical (unpaired) electrons. The molecule has 0 unspecified atom stereocenters. The summed E-state index contributed by atoms with van der Waals surface area (Å²) in [7, 11) is 0. The van der Waals surface area contributed by atoms with E-state index in [0.29, 0.717) is 0 Å². The largest absolute Gasteiger partial charge is 0.456 e. The number of benzene rings is 21. The molecular formula is C126H75B3N6O3. The number of furan rings is 3. The highest BCUT2D eigenvalue weighted by Gasteiger charge is 2.47. The lowest BCUT2D eigenvalue weighted by Gasteiger charge is -2.43. The summed E-state index contributed by atoms with van der Waals surface area (Å²) in [6, 6.07) is 165. The van der Waals surface area contributed by atoms with Crippen LogP contribution in [0, 0.1) is 0 Å². The molecule has 0 spiro atoms. The zero-order valence-corrected chi connectivity index (χ0v) is 74.4. The molecule has 636 valence electrons. The van der Waals surface area contributed by atoms with Crippen LogP contribution in [0.5, 0.6) is 0 Å². The topological polar surface area (TPSA) is 63.9 Å². The molecule has 12 heterocycles. The summed E-state index contributed by atoms with van der Waals surface area (Å²) in [4.78, 5) is 7.66. The van der Waals surface area contributed by atoms with Gasteiger partial charge in [0.1, 0.15) is 33.5 Å². The predicted octanol–water partition coefficient (Wildman–Crippen LogP) is 28.8. The van der Waals surface area contributed by atoms with Crippen molar-refractivity contribution in [1.29, 1.82) is 0 Å². The van der Waals surface area contributed by atoms with Gasteiger partial charge in [0.2, 0.25) is 0 Å². The lowest BCUT2D eigenvalue weighted by molar-refractivity contribution is 0.669. The van der Waals surface area contributed by atoms with E-state index < -0.39 is 0 Å². The molecule has 0 N–H and O–H groups in total. The molecule has 12 heteroatoms. The number of hydrogen-bond donors (Lipinski definition) is 0. The fourth-order valence-electron chi connectivity index (χ4n) is 25.0. The van der Waals surface area contributed by atoms with Gasteiger partial charge < -0.3 is 41.4 Å². The van der Waals surface area contributed by atoms with Crippen molar-refractivity contribution in [3.05, 3.63) is 455 Å². The average molecular weight is 1750 g/mol. The Morgan fingerprint density at radius 3 is 0.964 bits per heavy atom. The predicted molar refractivity (Wildman–Crippen MR) is 578 cm³/mol. The van der Waals surface area contributed by atoms with Gasteiger partial charge >= 0.3 is 20.5 Å². The van der Waals surface area contributed by atoms with Crippen molar-refractivity contribution in [2.75, 3.05) is 14.4 Å². The SMILES string of the molecule is c1ccc(-n2c3ccccc3c3cc4c(cc32)oc2c3c(ccc24)N2B(c4ccccc4-c4ccccc42)c2ccccc2-3)cc1.c1ccc(-n2c3ccccc3c3cc4c(cc32)oc2cc3c(cc24)N2B(c4ccccc4-c4ccccc42)c2ccccc2-3)cc1.c1ccc(-n2c3ccccc3c3cc4c(cc32)oc2ccc3c(c24)B2c4ccccc4-c4ccccc4N2c2ccccc2-3)cc1. The van der Waals surface area contributed by atoms with E-state index in [4.69, 9.17) is 13.3 Å². The van der Waals surface area contributed by atoms with Gasteiger partial charge in [-0.25, -0.2) is 0 Å². The van der Waals surface area contributed by atoms with Gasteiger partial charge in [-0.05, 0) is 194 Å². The Hall–Kier alpha value is -18.0. The Morgan fingerprint density at radius 2 is 0.493 bits per heavy atom. The van der Waals surface area contributed by atoms with Crippen molar-refractivity contribution >= 4 is 219 Å². The Labute approximate surface area is 793 Å². The van der Waals surface area contributed by atoms with E-state index in [9.17, 15) is 0 Å². The molecule has 9 nitrogen and oxygen atoms in total. The zero-order chi connectivity index (χ0) is 89.8. The van der Waals surface area contributed by atoms with E-state index in [1.54, 1.807) is 0 Å². The van der Waals surface area contributed by atoms with E-state index in [2.05, 4.69) is 483 Å². The minimum atomic E-state index is 0.00172. The summed E-state index contributed by atoms with van der Waals surface area (Å²) >= 11 is 0. The summed E-state index contributed by atoms with van der Waals surface area (Å²) in [6.45, 7) is 0.166. The zero-order valence-electron chi connectivity index (χ0n) is 74.4. The van der Waals surface area contributed by atoms with Crippen LogP contribution >= 0.6 is 0 Å². The molecule has 27 aromatic rings. The van der Waals surface area contributed by atoms with Crippen molar-refractivity contribution in [3.63, 3.8) is 0 Å². The van der Waals surface area contributed by atoms with Gasteiger partial charge in [-0.15, -0.1) is 0 Å². The maximum Gasteiger partial charge on any atom is 0.330 e. The molecule has 138 heavy (non-hydrogen) atoms. The Balaban J connectivity index is 0.0000000959. The normalized spacial score (nSPS) is 13.1. The molecule has 6 aliphatic rings. The lowest BCUT2D eigenvalue weighted by Crippen LogP contribution is -2.59. The molecule has 0 bridgehead atoms. The molecule has 0 amide bonds. The van der Waals surface area contributed by atoms with Crippen LogP contribution < -0.4 is 47.2 Å². The fourth-order valence-corrected chi connectivity index (χ4v) is 25.0. The molecule has 6 aromatic heterocycles. The van der Waals surface area contributed by atoms with Crippen LogP contribution in [-0.2, 0) is 0 Å². The summed E-state index contributed by atoms with van der Waals surface area (Å²) in [5.74, 6) is 0. The molecule has 6 aliphatic heterocycles. The van der Waals surface area contributed by atoms with E-state index in [1.807, 2.05) is 0 Å². The van der Waals surface area contributed by atoms with Crippen molar-refractivity contribution in [2.45, 2.75) is 0 Å². The third kappa shape index (κ3) is 10.5. The second-order valence-electron chi connectivity index (χ2n) is 37.4. The molecule has 0 atom stereocenters. The molecule has 0 aliphatic carbocycles. The van der Waals surface area contributed by atoms with Gasteiger partial charge in [-0.1, -0.05) is 309 Å². The Kier molecular flexibility index (Phi) is 15.8. The summed E-state index contributed by atoms with van der Waals surface area (Å²) in [5, 5.41) is 14.3. The van der Waals surface area contributed by atoms with Crippen molar-refractivity contribution in [2.24, 2.45) is 0 Å². The number of hydrogen-bond acceptors (Lipinski definition) is 6. The highest BCUT2D eigenvalue weighted by molar-refractivity contribution is 6.95. The fraction of sp³-hybridized carbons (Fsp3) is 0. The molecule has 33 rings (SSSR count). The smallest absolute Gasteiger partial charge is 0.330 e. The van der Waals surface area contributed by atoms with Gasteiger partial charge in [-0.2, -0.15) is 0 Å². The first-order valence-electron chi connectivity index (χ1n) is 47.7. The standard InChI is InChI=1S/3C42H25BN2O/c1-2-12-26(13-3-1)44-36-20-10-6-16-29(36)32-24-33-30-22-23-38-41(42(30)46-40(33)25-39(32)44)31-17-5-9-19-35(31)43-34-18-8-4-14-27(34)28-15-7-11-21-37(28)45(38)43;1-2-12-26(13-3-1)44-35-19-9-5-17-30(35)32-24-33-40(25-38(32)44)46-39-23-22-31-29-16-7-11-21-37(29)45-36-20-10-6-15-28(36)27-14-4-8-18-34(27)43(45)42(31)41(33)39;1-2-12-26(13-3-1)44-37-20-10-6-17-30(37)31-22-33-34-23-40-32(24-41(34)46-42(33)25-39(31)44)28-15-5-9-19-36(28)43-35-18-8-4-14-27(35)29-16-7-11-21-38(29)45(40)43/h3*1-25H. The maximum atomic E-state index is 7.00. The van der Waals surface area contributed by atoms with E-state index in [1.165, 1.54) is 182 Å². The summed E-state index contributed by atoms with van der Waals surface area (Å²) < 4.78 is 27.6. The first-order valence-corrected chi connectivity index (χ1v) is 47.7. The van der Waals surface area contributed by atoms with Crippen LogP contribution in [0.4, 0.5) is 34.1 Å². The van der Waals surface area contributed by atoms with Crippen LogP contribution in [0.3, 0.4) is 0 Å². The monoisotopic (exact) mass is 1750 g/mol. The van der Waals surface area contributed by atoms with Crippen LogP contribution in [0.15, 0.2) is 468 Å². The van der Waals surface area contributed by atoms with Crippen molar-refractivity contribution in [3.8, 4) is 83.8 Å². The molecule has 0 saturated heterocycles. The maximum absolute atomic E-state index is 7.00. The average Bonchev–Trinajstić information content (AvgIpc) is 1.22. The number of anilines is 6. The number of nitrogens with zero attached hydrogens (tertiary/aromatic N) is 6. The molecule has 0 saturated carbocycles. The van der Waals surface area contributed by atoms with Crippen LogP contribution in [0.2, 0.25) is 0 Å². The number of para-hydroxylation sites is 10. The number of aromatic nitrogens is 3. The van der Waals surface area contributed by atoms with Crippen LogP contribution in [-0.4, -0.2) is 34.2 Å². The third-order valence-corrected chi connectivity index (χ3v) is 30.5. The van der Waals surface area contributed by atoms with Crippen LogP contribution in [0.1, 0.15) is 0 Å². The minimum absolute atomic E-state index is 0.00172. The quantitative estimate of drug-likeness (QED) is 0.164. The highest BCUT2D eigenvalue weighted by Crippen LogP contribution is 2.55. The van der Waals surface area contributed by atoms with E-state index >= 15 is 0 Å². The first kappa shape index (κ1) is 75.5. The van der Waals surface area contributed by atoms with Crippen molar-refractivity contribution < 1.29 is 13.3 Å².